The second-order valence-electron chi connectivity index (χ2n) is 6.78. The maximum Gasteiger partial charge on any atom is 0.253 e. The molecule has 0 fully saturated rings. The Bertz CT molecular complexity index is 1060. The summed E-state index contributed by atoms with van der Waals surface area (Å²) in [5, 5.41) is 2.86. The minimum atomic E-state index is -0.0541. The Morgan fingerprint density at radius 3 is 2.75 bits per heavy atom. The molecular weight excluding hydrogens is 488 g/mol. The van der Waals surface area contributed by atoms with Crippen molar-refractivity contribution in [2.75, 3.05) is 6.54 Å². The standard InChI is InChI=1S/C20H18Br2N4O2/c1-10(2)28-18-13(7-11(21)8-14(18)22)19-23-5-4-16(26-19)17-9-12-15(25-17)3-6-24-20(12)27/h4-5,7-10,25H,3,6H2,1-2H3,(H,24,27). The molecule has 8 heteroatoms. The van der Waals surface area contributed by atoms with Crippen LogP contribution in [-0.2, 0) is 6.42 Å². The Labute approximate surface area is 179 Å². The number of H-pyrrole nitrogens is 1. The second kappa shape index (κ2) is 7.67. The zero-order valence-corrected chi connectivity index (χ0v) is 18.5. The van der Waals surface area contributed by atoms with Crippen LogP contribution in [0.5, 0.6) is 5.75 Å². The van der Waals surface area contributed by atoms with Gasteiger partial charge in [0.25, 0.3) is 5.91 Å². The van der Waals surface area contributed by atoms with Crippen LogP contribution in [0, 0.1) is 0 Å². The zero-order chi connectivity index (χ0) is 19.8. The second-order valence-corrected chi connectivity index (χ2v) is 8.55. The van der Waals surface area contributed by atoms with E-state index in [-0.39, 0.29) is 12.0 Å². The SMILES string of the molecule is CC(C)Oc1c(Br)cc(Br)cc1-c1nccc(-c2cc3c([nH]2)CCNC3=O)n1. The van der Waals surface area contributed by atoms with Crippen LogP contribution in [-0.4, -0.2) is 33.5 Å². The quantitative estimate of drug-likeness (QED) is 0.536. The van der Waals surface area contributed by atoms with Gasteiger partial charge in [0.05, 0.1) is 33.1 Å². The largest absolute Gasteiger partial charge is 0.489 e. The smallest absolute Gasteiger partial charge is 0.253 e. The lowest BCUT2D eigenvalue weighted by atomic mass is 10.1. The van der Waals surface area contributed by atoms with Gasteiger partial charge in [-0.25, -0.2) is 9.97 Å². The molecular formula is C20H18Br2N4O2. The lowest BCUT2D eigenvalue weighted by molar-refractivity contribution is 0.0946. The number of benzene rings is 1. The summed E-state index contributed by atoms with van der Waals surface area (Å²) in [6.45, 7) is 4.59. The van der Waals surface area contributed by atoms with Crippen LogP contribution in [0.1, 0.15) is 29.9 Å². The molecule has 28 heavy (non-hydrogen) atoms. The number of aromatic amines is 1. The van der Waals surface area contributed by atoms with Gasteiger partial charge in [-0.3, -0.25) is 4.79 Å². The van der Waals surface area contributed by atoms with Crippen molar-refractivity contribution in [3.8, 4) is 28.5 Å². The predicted octanol–water partition coefficient (Wildman–Crippen LogP) is 4.74. The van der Waals surface area contributed by atoms with Crippen molar-refractivity contribution in [3.63, 3.8) is 0 Å². The van der Waals surface area contributed by atoms with Gasteiger partial charge in [-0.15, -0.1) is 0 Å². The number of fused-ring (bicyclic) bond motifs is 1. The van der Waals surface area contributed by atoms with E-state index in [1.165, 1.54) is 0 Å². The molecule has 1 aliphatic rings. The van der Waals surface area contributed by atoms with Gasteiger partial charge >= 0.3 is 0 Å². The highest BCUT2D eigenvalue weighted by molar-refractivity contribution is 9.11. The van der Waals surface area contributed by atoms with Gasteiger partial charge in [-0.2, -0.15) is 0 Å². The zero-order valence-electron chi connectivity index (χ0n) is 15.3. The van der Waals surface area contributed by atoms with Crippen molar-refractivity contribution in [2.45, 2.75) is 26.4 Å². The third-order valence-corrected chi connectivity index (χ3v) is 5.39. The molecule has 0 aliphatic carbocycles. The van der Waals surface area contributed by atoms with E-state index in [2.05, 4.69) is 47.1 Å². The van der Waals surface area contributed by atoms with Gasteiger partial charge in [0.1, 0.15) is 5.75 Å². The molecule has 6 nitrogen and oxygen atoms in total. The number of amides is 1. The van der Waals surface area contributed by atoms with Crippen LogP contribution in [0.15, 0.2) is 39.4 Å². The Balaban J connectivity index is 1.79. The maximum atomic E-state index is 12.1. The average Bonchev–Trinajstić information content (AvgIpc) is 3.09. The fraction of sp³-hybridized carbons (Fsp3) is 0.250. The first-order valence-corrected chi connectivity index (χ1v) is 10.5. The lowest BCUT2D eigenvalue weighted by Gasteiger charge is -2.16. The average molecular weight is 506 g/mol. The number of ether oxygens (including phenoxy) is 1. The summed E-state index contributed by atoms with van der Waals surface area (Å²) >= 11 is 7.10. The molecule has 3 aromatic rings. The highest BCUT2D eigenvalue weighted by Gasteiger charge is 2.21. The van der Waals surface area contributed by atoms with E-state index in [0.29, 0.717) is 23.7 Å². The van der Waals surface area contributed by atoms with Crippen molar-refractivity contribution in [3.05, 3.63) is 50.7 Å². The Hall–Kier alpha value is -2.19. The molecule has 0 radical (unpaired) electrons. The minimum Gasteiger partial charge on any atom is -0.489 e. The van der Waals surface area contributed by atoms with Crippen LogP contribution >= 0.6 is 31.9 Å². The van der Waals surface area contributed by atoms with E-state index in [0.717, 1.165) is 38.0 Å². The fourth-order valence-corrected chi connectivity index (χ4v) is 4.47. The van der Waals surface area contributed by atoms with E-state index < -0.39 is 0 Å². The highest BCUT2D eigenvalue weighted by atomic mass is 79.9. The Kier molecular flexibility index (Phi) is 5.25. The van der Waals surface area contributed by atoms with E-state index in [9.17, 15) is 4.79 Å². The molecule has 1 aliphatic heterocycles. The summed E-state index contributed by atoms with van der Waals surface area (Å²) in [6.07, 6.45) is 2.50. The first kappa shape index (κ1) is 19.1. The molecule has 4 rings (SSSR count). The first-order valence-electron chi connectivity index (χ1n) is 8.92. The molecule has 0 bridgehead atoms. The van der Waals surface area contributed by atoms with E-state index >= 15 is 0 Å². The number of nitrogens with one attached hydrogen (secondary N) is 2. The summed E-state index contributed by atoms with van der Waals surface area (Å²) in [5.74, 6) is 1.19. The first-order chi connectivity index (χ1) is 13.4. The lowest BCUT2D eigenvalue weighted by Crippen LogP contribution is -2.31. The normalized spacial score (nSPS) is 13.4. The number of carbonyl (C=O) groups excluding carboxylic acids is 1. The summed E-state index contributed by atoms with van der Waals surface area (Å²) in [5.41, 5.74) is 3.92. The maximum absolute atomic E-state index is 12.1. The molecule has 0 unspecified atom stereocenters. The van der Waals surface area contributed by atoms with Crippen LogP contribution < -0.4 is 10.1 Å². The number of carbonyl (C=O) groups is 1. The van der Waals surface area contributed by atoms with E-state index in [4.69, 9.17) is 9.72 Å². The molecule has 0 atom stereocenters. The van der Waals surface area contributed by atoms with Gasteiger partial charge in [0.15, 0.2) is 5.82 Å². The Morgan fingerprint density at radius 2 is 2.00 bits per heavy atom. The summed E-state index contributed by atoms with van der Waals surface area (Å²) < 4.78 is 7.72. The van der Waals surface area contributed by atoms with Crippen molar-refractivity contribution in [2.24, 2.45) is 0 Å². The molecule has 2 aromatic heterocycles. The summed E-state index contributed by atoms with van der Waals surface area (Å²) in [7, 11) is 0. The third-order valence-electron chi connectivity index (χ3n) is 4.34. The molecule has 0 saturated carbocycles. The monoisotopic (exact) mass is 504 g/mol. The molecule has 2 N–H and O–H groups in total. The molecule has 1 aromatic carbocycles. The number of halogens is 2. The number of hydrogen-bond acceptors (Lipinski definition) is 4. The van der Waals surface area contributed by atoms with E-state index in [1.54, 1.807) is 6.20 Å². The summed E-state index contributed by atoms with van der Waals surface area (Å²) in [6, 6.07) is 7.55. The van der Waals surface area contributed by atoms with Crippen molar-refractivity contribution >= 4 is 37.8 Å². The van der Waals surface area contributed by atoms with Crippen molar-refractivity contribution in [1.82, 2.24) is 20.3 Å². The van der Waals surface area contributed by atoms with E-state index in [1.807, 2.05) is 38.1 Å². The predicted molar refractivity (Wildman–Crippen MR) is 114 cm³/mol. The molecule has 0 spiro atoms. The summed E-state index contributed by atoms with van der Waals surface area (Å²) in [4.78, 5) is 24.6. The Morgan fingerprint density at radius 1 is 1.18 bits per heavy atom. The van der Waals surface area contributed by atoms with Gasteiger partial charge < -0.3 is 15.0 Å². The number of aromatic nitrogens is 3. The van der Waals surface area contributed by atoms with Crippen LogP contribution in [0.25, 0.3) is 22.8 Å². The van der Waals surface area contributed by atoms with Crippen LogP contribution in [0.4, 0.5) is 0 Å². The number of nitrogens with zero attached hydrogens (tertiary/aromatic N) is 2. The molecule has 144 valence electrons. The van der Waals surface area contributed by atoms with Crippen LogP contribution in [0.3, 0.4) is 0 Å². The minimum absolute atomic E-state index is 0.00746. The highest BCUT2D eigenvalue weighted by Crippen LogP contribution is 2.39. The van der Waals surface area contributed by atoms with Crippen molar-refractivity contribution in [1.29, 1.82) is 0 Å². The number of hydrogen-bond donors (Lipinski definition) is 2. The molecule has 3 heterocycles. The topological polar surface area (TPSA) is 79.9 Å². The van der Waals surface area contributed by atoms with Gasteiger partial charge in [0, 0.05) is 29.3 Å². The fourth-order valence-electron chi connectivity index (χ4n) is 3.15. The van der Waals surface area contributed by atoms with Crippen LogP contribution in [0.2, 0.25) is 0 Å². The van der Waals surface area contributed by atoms with Gasteiger partial charge in [-0.05, 0) is 54.0 Å². The third kappa shape index (κ3) is 3.71. The van der Waals surface area contributed by atoms with Gasteiger partial charge in [-0.1, -0.05) is 15.9 Å². The van der Waals surface area contributed by atoms with Gasteiger partial charge in [0.2, 0.25) is 0 Å². The molecule has 1 amide bonds. The number of rotatable bonds is 4. The molecule has 0 saturated heterocycles. The van der Waals surface area contributed by atoms with Crippen molar-refractivity contribution < 1.29 is 9.53 Å².